The number of likely N-dealkylation sites (N-methyl/N-ethyl adjacent to an activating group) is 1. The van der Waals surface area contributed by atoms with Crippen LogP contribution in [0.3, 0.4) is 0 Å². The van der Waals surface area contributed by atoms with Crippen LogP contribution in [0.1, 0.15) is 86.6 Å². The Balaban J connectivity index is 2.25. The number of carbonyl (C=O) groups excluding carboxylic acids is 4. The first kappa shape index (κ1) is 44.2. The van der Waals surface area contributed by atoms with Crippen LogP contribution in [-0.2, 0) is 39.6 Å². The van der Waals surface area contributed by atoms with Crippen molar-refractivity contribution in [3.8, 4) is 0 Å². The Morgan fingerprint density at radius 3 is 2.18 bits per heavy atom. The first-order valence-corrected chi connectivity index (χ1v) is 19.5. The van der Waals surface area contributed by atoms with E-state index in [1.807, 2.05) is 58.0 Å². The first-order chi connectivity index (χ1) is 23.9. The summed E-state index contributed by atoms with van der Waals surface area (Å²) in [5.41, 5.74) is 0.0947. The van der Waals surface area contributed by atoms with E-state index < -0.39 is 67.7 Å². The summed E-state index contributed by atoms with van der Waals surface area (Å²) in [4.78, 5) is 67.5. The lowest BCUT2D eigenvalue weighted by Gasteiger charge is -2.40. The number of ether oxygens (including phenoxy) is 3. The molecule has 9 atom stereocenters. The van der Waals surface area contributed by atoms with E-state index in [9.17, 15) is 28.6 Å². The number of hydrogen-bond donors (Lipinski definition) is 3. The molecule has 1 aromatic carbocycles. The normalized spacial score (nSPS) is 19.6. The zero-order valence-electron chi connectivity index (χ0n) is 32.4. The topological polar surface area (TPSA) is 164 Å². The molecule has 0 bridgehead atoms. The van der Waals surface area contributed by atoms with Crippen LogP contribution >= 0.6 is 8.03 Å². The van der Waals surface area contributed by atoms with E-state index in [0.717, 1.165) is 5.56 Å². The number of rotatable bonds is 18. The molecule has 51 heavy (non-hydrogen) atoms. The molecule has 1 aliphatic rings. The summed E-state index contributed by atoms with van der Waals surface area (Å²) < 4.78 is 29.5. The fourth-order valence-electron chi connectivity index (χ4n) is 6.83. The van der Waals surface area contributed by atoms with Gasteiger partial charge < -0.3 is 39.5 Å². The SMILES string of the molecule is CC[C@H](C)[C@@H]([C@@H](CC(=O)N1CCCC1[C@H](OC)[C@@H](C)C(=O)N[C@@H](Cc1ccccc1)[PH](=O)O)OC)N(C)C(=O)C(NC(=O)OC(C)(C)C)C(C)C. The van der Waals surface area contributed by atoms with Gasteiger partial charge in [-0.3, -0.25) is 18.9 Å². The standard InChI is InChI=1S/C37H63N4O9P/c1-12-24(4)32(40(9)35(44)31(23(2)3)39-36(45)50-37(6,7)8)28(48-10)22-30(42)41-20-16-19-27(41)33(49-11)25(5)34(43)38-29(51(46)47)21-26-17-14-13-15-18-26/h13-15,17-18,23-25,27-29,31-33,51H,12,16,19-22H2,1-11H3,(H,38,43)(H,39,45)(H,46,47)/t24-,25+,27?,28+,29+,31?,32-,33+/m0/s1. The lowest BCUT2D eigenvalue weighted by Crippen LogP contribution is -2.58. The maximum Gasteiger partial charge on any atom is 0.408 e. The molecule has 1 fully saturated rings. The Morgan fingerprint density at radius 2 is 1.67 bits per heavy atom. The van der Waals surface area contributed by atoms with E-state index in [0.29, 0.717) is 25.8 Å². The van der Waals surface area contributed by atoms with Gasteiger partial charge in [-0.05, 0) is 51.0 Å². The molecule has 0 aliphatic carbocycles. The largest absolute Gasteiger partial charge is 0.444 e. The van der Waals surface area contributed by atoms with E-state index in [-0.39, 0.29) is 36.5 Å². The molecule has 290 valence electrons. The number of nitrogens with one attached hydrogen (secondary N) is 2. The first-order valence-electron chi connectivity index (χ1n) is 18.0. The molecular weight excluding hydrogens is 675 g/mol. The highest BCUT2D eigenvalue weighted by molar-refractivity contribution is 7.38. The fourth-order valence-corrected chi connectivity index (χ4v) is 7.50. The number of nitrogens with zero attached hydrogens (tertiary/aromatic N) is 2. The molecule has 13 nitrogen and oxygen atoms in total. The third kappa shape index (κ3) is 12.9. The highest BCUT2D eigenvalue weighted by Crippen LogP contribution is 2.31. The third-order valence-corrected chi connectivity index (χ3v) is 10.7. The molecule has 0 aromatic heterocycles. The van der Waals surface area contributed by atoms with E-state index in [1.54, 1.807) is 44.5 Å². The highest BCUT2D eigenvalue weighted by Gasteiger charge is 2.43. The zero-order valence-corrected chi connectivity index (χ0v) is 33.4. The Morgan fingerprint density at radius 1 is 1.04 bits per heavy atom. The van der Waals surface area contributed by atoms with Crippen LogP contribution in [0.15, 0.2) is 30.3 Å². The van der Waals surface area contributed by atoms with Crippen molar-refractivity contribution in [3.05, 3.63) is 35.9 Å². The predicted octanol–water partition coefficient (Wildman–Crippen LogP) is 4.61. The fraction of sp³-hybridized carbons (Fsp3) is 0.730. The number of amides is 4. The van der Waals surface area contributed by atoms with E-state index >= 15 is 0 Å². The van der Waals surface area contributed by atoms with E-state index in [1.165, 1.54) is 14.2 Å². The van der Waals surface area contributed by atoms with Gasteiger partial charge in [-0.15, -0.1) is 0 Å². The molecule has 3 N–H and O–H groups in total. The smallest absolute Gasteiger partial charge is 0.408 e. The van der Waals surface area contributed by atoms with Gasteiger partial charge >= 0.3 is 6.09 Å². The van der Waals surface area contributed by atoms with Crippen LogP contribution in [0, 0.1) is 17.8 Å². The average Bonchev–Trinajstić information content (AvgIpc) is 3.55. The molecule has 1 aromatic rings. The molecule has 0 saturated carbocycles. The van der Waals surface area contributed by atoms with Crippen molar-refractivity contribution in [1.29, 1.82) is 0 Å². The summed E-state index contributed by atoms with van der Waals surface area (Å²) in [6, 6.07) is 7.42. The number of hydrogen-bond acceptors (Lipinski definition) is 8. The number of alkyl carbamates (subject to hydrolysis) is 1. The average molecular weight is 739 g/mol. The molecule has 0 spiro atoms. The van der Waals surface area contributed by atoms with Gasteiger partial charge in [0.05, 0.1) is 36.6 Å². The summed E-state index contributed by atoms with van der Waals surface area (Å²) >= 11 is 0. The molecular formula is C37H63N4O9P. The van der Waals surface area contributed by atoms with Crippen molar-refractivity contribution >= 4 is 31.8 Å². The lowest BCUT2D eigenvalue weighted by molar-refractivity contribution is -0.147. The second-order valence-corrected chi connectivity index (χ2v) is 16.4. The van der Waals surface area contributed by atoms with Crippen LogP contribution < -0.4 is 10.6 Å². The number of benzene rings is 1. The summed E-state index contributed by atoms with van der Waals surface area (Å²) in [5, 5.41) is 5.49. The van der Waals surface area contributed by atoms with Crippen molar-refractivity contribution in [2.75, 3.05) is 27.8 Å². The van der Waals surface area contributed by atoms with Crippen molar-refractivity contribution in [2.45, 2.75) is 129 Å². The molecule has 4 amide bonds. The summed E-state index contributed by atoms with van der Waals surface area (Å²) in [7, 11) is 1.60. The van der Waals surface area contributed by atoms with Gasteiger partial charge in [0.25, 0.3) is 0 Å². The van der Waals surface area contributed by atoms with Gasteiger partial charge in [-0.25, -0.2) is 4.79 Å². The minimum atomic E-state index is -3.10. The van der Waals surface area contributed by atoms with Gasteiger partial charge in [0.15, 0.2) is 0 Å². The molecule has 1 saturated heterocycles. The Hall–Kier alpha value is -2.99. The van der Waals surface area contributed by atoms with Gasteiger partial charge in [0.2, 0.25) is 25.7 Å². The van der Waals surface area contributed by atoms with Crippen LogP contribution in [0.25, 0.3) is 0 Å². The van der Waals surface area contributed by atoms with Crippen LogP contribution in [0.2, 0.25) is 0 Å². The van der Waals surface area contributed by atoms with Crippen LogP contribution in [-0.4, -0.2) is 108 Å². The molecule has 1 aliphatic heterocycles. The Labute approximate surface area is 305 Å². The van der Waals surface area contributed by atoms with Gasteiger partial charge in [-0.2, -0.15) is 0 Å². The van der Waals surface area contributed by atoms with Gasteiger partial charge in [0.1, 0.15) is 17.4 Å². The summed E-state index contributed by atoms with van der Waals surface area (Å²) in [6.07, 6.45) is 0.199. The van der Waals surface area contributed by atoms with Gasteiger partial charge in [0, 0.05) is 34.2 Å². The van der Waals surface area contributed by atoms with E-state index in [4.69, 9.17) is 14.2 Å². The van der Waals surface area contributed by atoms with Crippen LogP contribution in [0.5, 0.6) is 0 Å². The zero-order chi connectivity index (χ0) is 38.6. The molecule has 1 heterocycles. The Kier molecular flexibility index (Phi) is 17.6. The predicted molar refractivity (Wildman–Crippen MR) is 197 cm³/mol. The van der Waals surface area contributed by atoms with Crippen molar-refractivity contribution in [1.82, 2.24) is 20.4 Å². The minimum absolute atomic E-state index is 0.0197. The van der Waals surface area contributed by atoms with Crippen LogP contribution in [0.4, 0.5) is 4.79 Å². The maximum atomic E-state index is 14.1. The Bertz CT molecular complexity index is 1310. The van der Waals surface area contributed by atoms with Crippen molar-refractivity contribution in [3.63, 3.8) is 0 Å². The number of methoxy groups -OCH3 is 2. The second kappa shape index (κ2) is 20.3. The van der Waals surface area contributed by atoms with Gasteiger partial charge in [-0.1, -0.05) is 71.4 Å². The molecule has 0 radical (unpaired) electrons. The van der Waals surface area contributed by atoms with E-state index in [2.05, 4.69) is 10.6 Å². The van der Waals surface area contributed by atoms with Crippen molar-refractivity contribution in [2.24, 2.45) is 17.8 Å². The number of likely N-dealkylation sites (tertiary alicyclic amines) is 1. The number of carbonyl (C=O) groups is 4. The molecule has 3 unspecified atom stereocenters. The summed E-state index contributed by atoms with van der Waals surface area (Å²) in [5.74, 6) is -2.91. The molecule has 2 rings (SSSR count). The highest BCUT2D eigenvalue weighted by atomic mass is 31.1. The monoisotopic (exact) mass is 738 g/mol. The molecule has 14 heteroatoms. The maximum absolute atomic E-state index is 14.1. The quantitative estimate of drug-likeness (QED) is 0.183. The lowest BCUT2D eigenvalue weighted by atomic mass is 9.89. The van der Waals surface area contributed by atoms with Crippen molar-refractivity contribution < 1.29 is 42.8 Å². The minimum Gasteiger partial charge on any atom is -0.444 e. The second-order valence-electron chi connectivity index (χ2n) is 15.0. The third-order valence-electron chi connectivity index (χ3n) is 9.76. The summed E-state index contributed by atoms with van der Waals surface area (Å²) in [6.45, 7) is 15.1.